The van der Waals surface area contributed by atoms with Crippen molar-refractivity contribution < 1.29 is 19.6 Å². The van der Waals surface area contributed by atoms with Gasteiger partial charge in [0.05, 0.1) is 10.6 Å². The number of rotatable bonds is 8. The van der Waals surface area contributed by atoms with E-state index < -0.39 is 16.3 Å². The van der Waals surface area contributed by atoms with Crippen molar-refractivity contribution in [2.45, 2.75) is 45.4 Å². The first-order valence-corrected chi connectivity index (χ1v) is 8.89. The Morgan fingerprint density at radius 1 is 1.22 bits per heavy atom. The lowest BCUT2D eigenvalue weighted by molar-refractivity contribution is -0.384. The van der Waals surface area contributed by atoms with Crippen LogP contribution in [0.1, 0.15) is 60.4 Å². The van der Waals surface area contributed by atoms with Crippen LogP contribution in [0.3, 0.4) is 0 Å². The lowest BCUT2D eigenvalue weighted by atomic mass is 9.77. The lowest BCUT2D eigenvalue weighted by Gasteiger charge is -2.29. The van der Waals surface area contributed by atoms with Crippen molar-refractivity contribution in [1.29, 1.82) is 0 Å². The fourth-order valence-corrected chi connectivity index (χ4v) is 3.70. The highest BCUT2D eigenvalue weighted by atomic mass is 16.6. The summed E-state index contributed by atoms with van der Waals surface area (Å²) in [6.07, 6.45) is 1.59. The number of nitro groups is 1. The van der Waals surface area contributed by atoms with E-state index in [4.69, 9.17) is 0 Å². The maximum atomic E-state index is 13.0. The van der Waals surface area contributed by atoms with E-state index in [0.29, 0.717) is 41.8 Å². The summed E-state index contributed by atoms with van der Waals surface area (Å²) in [4.78, 5) is 35.4. The van der Waals surface area contributed by atoms with Crippen molar-refractivity contribution in [2.24, 2.45) is 7.05 Å². The van der Waals surface area contributed by atoms with Crippen LogP contribution >= 0.6 is 0 Å². The number of carbonyl (C=O) groups is 2. The lowest BCUT2D eigenvalue weighted by Crippen LogP contribution is -2.37. The summed E-state index contributed by atoms with van der Waals surface area (Å²) in [5, 5.41) is 20.7. The third kappa shape index (κ3) is 3.49. The summed E-state index contributed by atoms with van der Waals surface area (Å²) in [5.41, 5.74) is 0.864. The van der Waals surface area contributed by atoms with Gasteiger partial charge in [0, 0.05) is 30.4 Å². The molecule has 1 atom stereocenters. The molecule has 0 aliphatic carbocycles. The third-order valence-electron chi connectivity index (χ3n) is 5.16. The maximum absolute atomic E-state index is 13.0. The number of nitro benzene ring substituents is 1. The largest absolute Gasteiger partial charge is 0.481 e. The molecule has 2 aromatic rings. The van der Waals surface area contributed by atoms with E-state index in [-0.39, 0.29) is 11.5 Å². The van der Waals surface area contributed by atoms with E-state index >= 15 is 0 Å². The molecule has 0 radical (unpaired) electrons. The minimum Gasteiger partial charge on any atom is -0.481 e. The maximum Gasteiger partial charge on any atom is 0.315 e. The van der Waals surface area contributed by atoms with E-state index in [1.165, 1.54) is 24.3 Å². The molecular weight excluding hydrogens is 348 g/mol. The van der Waals surface area contributed by atoms with Gasteiger partial charge in [0.25, 0.3) is 5.69 Å². The predicted octanol–water partition coefficient (Wildman–Crippen LogP) is 4.01. The van der Waals surface area contributed by atoms with Gasteiger partial charge in [0.2, 0.25) is 5.78 Å². The van der Waals surface area contributed by atoms with E-state index in [9.17, 15) is 24.8 Å². The number of carbonyl (C=O) groups excluding carboxylic acids is 1. The number of nitrogens with zero attached hydrogens (tertiary/aromatic N) is 2. The standard InChI is InChI=1S/C20H24N2O5/c1-5-11-20(6-2,19(24)25)16-12-13(3)17(21(16)4)18(23)14-7-9-15(10-8-14)22(26)27/h7-10,12H,5-6,11H2,1-4H3,(H,24,25). The molecule has 0 aliphatic rings. The summed E-state index contributed by atoms with van der Waals surface area (Å²) in [6.45, 7) is 5.55. The van der Waals surface area contributed by atoms with Crippen molar-refractivity contribution in [3.8, 4) is 0 Å². The zero-order valence-electron chi connectivity index (χ0n) is 16.0. The second-order valence-corrected chi connectivity index (χ2v) is 6.74. The molecule has 0 bridgehead atoms. The molecule has 0 saturated heterocycles. The second kappa shape index (κ2) is 7.73. The van der Waals surface area contributed by atoms with Crippen LogP contribution in [0.15, 0.2) is 30.3 Å². The van der Waals surface area contributed by atoms with Gasteiger partial charge in [-0.05, 0) is 43.5 Å². The molecule has 144 valence electrons. The number of ketones is 1. The topological polar surface area (TPSA) is 102 Å². The Morgan fingerprint density at radius 2 is 1.81 bits per heavy atom. The molecule has 7 nitrogen and oxygen atoms in total. The Labute approximate surface area is 157 Å². The Bertz CT molecular complexity index is 883. The molecular formula is C20H24N2O5. The number of benzene rings is 1. The molecule has 1 N–H and O–H groups in total. The number of carboxylic acids is 1. The number of non-ortho nitro benzene ring substituents is 1. The summed E-state index contributed by atoms with van der Waals surface area (Å²) in [7, 11) is 1.70. The number of aromatic nitrogens is 1. The molecule has 1 heterocycles. The molecule has 2 rings (SSSR count). The average Bonchev–Trinajstić information content (AvgIpc) is 2.93. The Balaban J connectivity index is 2.55. The van der Waals surface area contributed by atoms with Crippen molar-refractivity contribution in [3.05, 3.63) is 63.0 Å². The number of carboxylic acid groups (broad SMARTS) is 1. The Morgan fingerprint density at radius 3 is 2.26 bits per heavy atom. The highest BCUT2D eigenvalue weighted by Crippen LogP contribution is 2.36. The summed E-state index contributed by atoms with van der Waals surface area (Å²) < 4.78 is 1.66. The SMILES string of the molecule is CCCC(CC)(C(=O)O)c1cc(C)c(C(=O)c2ccc([N+](=O)[O-])cc2)n1C. The minimum absolute atomic E-state index is 0.0883. The fraction of sp³-hybridized carbons (Fsp3) is 0.400. The van der Waals surface area contributed by atoms with Crippen LogP contribution in [0.4, 0.5) is 5.69 Å². The average molecular weight is 372 g/mol. The number of aryl methyl sites for hydroxylation is 1. The van der Waals surface area contributed by atoms with Crippen molar-refractivity contribution >= 4 is 17.4 Å². The van der Waals surface area contributed by atoms with Gasteiger partial charge >= 0.3 is 5.97 Å². The zero-order valence-corrected chi connectivity index (χ0v) is 16.0. The van der Waals surface area contributed by atoms with Crippen molar-refractivity contribution in [3.63, 3.8) is 0 Å². The number of aliphatic carboxylic acids is 1. The smallest absolute Gasteiger partial charge is 0.315 e. The number of hydrogen-bond donors (Lipinski definition) is 1. The Hall–Kier alpha value is -2.96. The van der Waals surface area contributed by atoms with Gasteiger partial charge in [-0.1, -0.05) is 20.3 Å². The minimum atomic E-state index is -1.05. The molecule has 0 saturated carbocycles. The molecule has 0 fully saturated rings. The molecule has 0 spiro atoms. The molecule has 27 heavy (non-hydrogen) atoms. The van der Waals surface area contributed by atoms with Crippen LogP contribution < -0.4 is 0 Å². The van der Waals surface area contributed by atoms with Crippen LogP contribution in [-0.2, 0) is 17.3 Å². The monoisotopic (exact) mass is 372 g/mol. The zero-order chi connectivity index (χ0) is 20.4. The first kappa shape index (κ1) is 20.4. The molecule has 0 aliphatic heterocycles. The van der Waals surface area contributed by atoms with Gasteiger partial charge in [0.1, 0.15) is 5.41 Å². The highest BCUT2D eigenvalue weighted by molar-refractivity contribution is 6.09. The molecule has 1 aromatic heterocycles. The molecule has 1 unspecified atom stereocenters. The Kier molecular flexibility index (Phi) is 5.83. The van der Waals surface area contributed by atoms with Gasteiger partial charge in [-0.2, -0.15) is 0 Å². The van der Waals surface area contributed by atoms with Crippen LogP contribution in [0.25, 0.3) is 0 Å². The third-order valence-corrected chi connectivity index (χ3v) is 5.16. The van der Waals surface area contributed by atoms with Crippen LogP contribution in [-0.4, -0.2) is 26.3 Å². The molecule has 0 amide bonds. The van der Waals surface area contributed by atoms with Gasteiger partial charge < -0.3 is 9.67 Å². The van der Waals surface area contributed by atoms with Crippen molar-refractivity contribution in [2.75, 3.05) is 0 Å². The normalized spacial score (nSPS) is 13.2. The van der Waals surface area contributed by atoms with E-state index in [2.05, 4.69) is 0 Å². The van der Waals surface area contributed by atoms with E-state index in [1.807, 2.05) is 13.8 Å². The van der Waals surface area contributed by atoms with E-state index in [1.54, 1.807) is 24.6 Å². The van der Waals surface area contributed by atoms with Gasteiger partial charge in [-0.3, -0.25) is 19.7 Å². The quantitative estimate of drug-likeness (QED) is 0.428. The summed E-state index contributed by atoms with van der Waals surface area (Å²) in [5.74, 6) is -1.19. The van der Waals surface area contributed by atoms with Crippen LogP contribution in [0.2, 0.25) is 0 Å². The van der Waals surface area contributed by atoms with Crippen molar-refractivity contribution in [1.82, 2.24) is 4.57 Å². The first-order chi connectivity index (χ1) is 12.7. The number of hydrogen-bond acceptors (Lipinski definition) is 4. The second-order valence-electron chi connectivity index (χ2n) is 6.74. The van der Waals surface area contributed by atoms with Gasteiger partial charge in [-0.15, -0.1) is 0 Å². The summed E-state index contributed by atoms with van der Waals surface area (Å²) >= 11 is 0. The van der Waals surface area contributed by atoms with Gasteiger partial charge in [0.15, 0.2) is 0 Å². The van der Waals surface area contributed by atoms with Crippen LogP contribution in [0, 0.1) is 17.0 Å². The first-order valence-electron chi connectivity index (χ1n) is 8.89. The van der Waals surface area contributed by atoms with Gasteiger partial charge in [-0.25, -0.2) is 0 Å². The predicted molar refractivity (Wildman–Crippen MR) is 101 cm³/mol. The highest BCUT2D eigenvalue weighted by Gasteiger charge is 2.41. The fourth-order valence-electron chi connectivity index (χ4n) is 3.70. The van der Waals surface area contributed by atoms with E-state index in [0.717, 1.165) is 0 Å². The molecule has 7 heteroatoms. The molecule has 1 aromatic carbocycles. The van der Waals surface area contributed by atoms with Crippen LogP contribution in [0.5, 0.6) is 0 Å². The summed E-state index contributed by atoms with van der Waals surface area (Å²) in [6, 6.07) is 7.19.